The number of rotatable bonds is 4. The molecule has 0 aliphatic heterocycles. The summed E-state index contributed by atoms with van der Waals surface area (Å²) >= 11 is 0. The van der Waals surface area contributed by atoms with E-state index in [2.05, 4.69) is 49.4 Å². The molecule has 1 atom stereocenters. The Morgan fingerprint density at radius 1 is 1.00 bits per heavy atom. The first-order valence-electron chi connectivity index (χ1n) is 8.51. The van der Waals surface area contributed by atoms with E-state index >= 15 is 0 Å². The van der Waals surface area contributed by atoms with Crippen LogP contribution in [-0.4, -0.2) is 6.04 Å². The van der Waals surface area contributed by atoms with E-state index < -0.39 is 0 Å². The summed E-state index contributed by atoms with van der Waals surface area (Å²) in [6.45, 7) is 2.25. The van der Waals surface area contributed by atoms with Crippen LogP contribution in [0.2, 0.25) is 0 Å². The van der Waals surface area contributed by atoms with Crippen LogP contribution in [0.4, 0.5) is 0 Å². The van der Waals surface area contributed by atoms with Crippen LogP contribution in [0.25, 0.3) is 10.8 Å². The third kappa shape index (κ3) is 2.72. The van der Waals surface area contributed by atoms with Crippen molar-refractivity contribution in [2.24, 2.45) is 5.73 Å². The van der Waals surface area contributed by atoms with Crippen molar-refractivity contribution in [3.63, 3.8) is 0 Å². The summed E-state index contributed by atoms with van der Waals surface area (Å²) in [5.74, 6) is 0. The maximum absolute atomic E-state index is 6.67. The van der Waals surface area contributed by atoms with Crippen LogP contribution in [0.1, 0.15) is 57.4 Å². The molecule has 0 radical (unpaired) electrons. The quantitative estimate of drug-likeness (QED) is 0.822. The van der Waals surface area contributed by atoms with Gasteiger partial charge in [0.2, 0.25) is 0 Å². The molecule has 0 spiro atoms. The molecule has 112 valence electrons. The predicted octanol–water partition coefficient (Wildman–Crippen LogP) is 5.17. The van der Waals surface area contributed by atoms with Gasteiger partial charge in [-0.25, -0.2) is 0 Å². The van der Waals surface area contributed by atoms with Crippen LogP contribution in [0, 0.1) is 0 Å². The van der Waals surface area contributed by atoms with E-state index in [1.807, 2.05) is 0 Å². The van der Waals surface area contributed by atoms with Gasteiger partial charge in [-0.3, -0.25) is 0 Å². The Kier molecular flexibility index (Phi) is 4.30. The van der Waals surface area contributed by atoms with E-state index in [1.165, 1.54) is 54.9 Å². The molecule has 1 saturated carbocycles. The van der Waals surface area contributed by atoms with E-state index in [-0.39, 0.29) is 5.41 Å². The molecule has 2 aromatic rings. The summed E-state index contributed by atoms with van der Waals surface area (Å²) in [7, 11) is 0. The number of hydrogen-bond acceptors (Lipinski definition) is 1. The Morgan fingerprint density at radius 2 is 1.71 bits per heavy atom. The summed E-state index contributed by atoms with van der Waals surface area (Å²) in [5, 5.41) is 2.68. The number of benzene rings is 2. The second-order valence-electron chi connectivity index (χ2n) is 6.67. The topological polar surface area (TPSA) is 26.0 Å². The molecular weight excluding hydrogens is 254 g/mol. The van der Waals surface area contributed by atoms with Crippen LogP contribution >= 0.6 is 0 Å². The van der Waals surface area contributed by atoms with Gasteiger partial charge < -0.3 is 5.73 Å². The molecule has 2 aromatic carbocycles. The molecule has 1 aliphatic carbocycles. The lowest BCUT2D eigenvalue weighted by atomic mass is 9.64. The van der Waals surface area contributed by atoms with Crippen molar-refractivity contribution in [1.29, 1.82) is 0 Å². The van der Waals surface area contributed by atoms with Crippen LogP contribution in [0.5, 0.6) is 0 Å². The van der Waals surface area contributed by atoms with Gasteiger partial charge in [-0.2, -0.15) is 0 Å². The van der Waals surface area contributed by atoms with E-state index in [1.54, 1.807) is 0 Å². The molecule has 0 amide bonds. The highest BCUT2D eigenvalue weighted by molar-refractivity contribution is 5.83. The molecule has 0 heterocycles. The van der Waals surface area contributed by atoms with Gasteiger partial charge in [0.05, 0.1) is 0 Å². The minimum Gasteiger partial charge on any atom is -0.327 e. The highest BCUT2D eigenvalue weighted by Gasteiger charge is 2.38. The lowest BCUT2D eigenvalue weighted by molar-refractivity contribution is 0.233. The van der Waals surface area contributed by atoms with Gasteiger partial charge in [0.25, 0.3) is 0 Å². The van der Waals surface area contributed by atoms with Crippen molar-refractivity contribution >= 4 is 10.8 Å². The summed E-state index contributed by atoms with van der Waals surface area (Å²) in [6, 6.07) is 16.0. The van der Waals surface area contributed by atoms with Crippen LogP contribution in [-0.2, 0) is 5.41 Å². The van der Waals surface area contributed by atoms with Crippen molar-refractivity contribution in [3.05, 3.63) is 48.0 Å². The molecular formula is C20H27N. The molecule has 1 nitrogen and oxygen atoms in total. The zero-order chi connectivity index (χ0) is 14.7. The van der Waals surface area contributed by atoms with Gasteiger partial charge in [0, 0.05) is 11.5 Å². The molecule has 0 aromatic heterocycles. The summed E-state index contributed by atoms with van der Waals surface area (Å²) in [6.07, 6.45) is 8.84. The summed E-state index contributed by atoms with van der Waals surface area (Å²) in [5.41, 5.74) is 8.35. The minimum atomic E-state index is 0.207. The van der Waals surface area contributed by atoms with Crippen molar-refractivity contribution < 1.29 is 0 Å². The highest BCUT2D eigenvalue weighted by Crippen LogP contribution is 2.43. The van der Waals surface area contributed by atoms with Crippen molar-refractivity contribution in [2.45, 2.75) is 63.3 Å². The Labute approximate surface area is 128 Å². The lowest BCUT2D eigenvalue weighted by Gasteiger charge is -2.43. The normalized spacial score (nSPS) is 19.5. The number of fused-ring (bicyclic) bond motifs is 1. The third-order valence-corrected chi connectivity index (χ3v) is 5.38. The average Bonchev–Trinajstić information content (AvgIpc) is 2.55. The monoisotopic (exact) mass is 281 g/mol. The lowest BCUT2D eigenvalue weighted by Crippen LogP contribution is -2.46. The van der Waals surface area contributed by atoms with Crippen LogP contribution in [0.15, 0.2) is 42.5 Å². The van der Waals surface area contributed by atoms with E-state index in [0.29, 0.717) is 6.04 Å². The first kappa shape index (κ1) is 14.6. The Hall–Kier alpha value is -1.34. The largest absolute Gasteiger partial charge is 0.327 e. The zero-order valence-electron chi connectivity index (χ0n) is 13.1. The zero-order valence-corrected chi connectivity index (χ0v) is 13.1. The smallest absolute Gasteiger partial charge is 0.0136 e. The third-order valence-electron chi connectivity index (χ3n) is 5.38. The van der Waals surface area contributed by atoms with Gasteiger partial charge in [-0.15, -0.1) is 0 Å². The SMILES string of the molecule is CCCC(N)C1(c2ccc3ccccc3c2)CCCCC1. The van der Waals surface area contributed by atoms with E-state index in [9.17, 15) is 0 Å². The molecule has 1 aliphatic rings. The second-order valence-corrected chi connectivity index (χ2v) is 6.67. The fraction of sp³-hybridized carbons (Fsp3) is 0.500. The van der Waals surface area contributed by atoms with Crippen LogP contribution < -0.4 is 5.73 Å². The predicted molar refractivity (Wildman–Crippen MR) is 91.6 cm³/mol. The van der Waals surface area contributed by atoms with Crippen molar-refractivity contribution in [2.75, 3.05) is 0 Å². The van der Waals surface area contributed by atoms with E-state index in [0.717, 1.165) is 6.42 Å². The number of nitrogens with two attached hydrogens (primary N) is 1. The Balaban J connectivity index is 2.04. The highest BCUT2D eigenvalue weighted by atomic mass is 14.7. The molecule has 3 rings (SSSR count). The Morgan fingerprint density at radius 3 is 2.43 bits per heavy atom. The first-order chi connectivity index (χ1) is 10.3. The fourth-order valence-corrected chi connectivity index (χ4v) is 4.14. The first-order valence-corrected chi connectivity index (χ1v) is 8.51. The molecule has 1 unspecified atom stereocenters. The standard InChI is InChI=1S/C20H27N/c1-2-8-19(21)20(13-6-3-7-14-20)18-12-11-16-9-4-5-10-17(16)15-18/h4-5,9-12,15,19H,2-3,6-8,13-14,21H2,1H3. The van der Waals surface area contributed by atoms with Gasteiger partial charge in [0.15, 0.2) is 0 Å². The maximum Gasteiger partial charge on any atom is 0.0136 e. The van der Waals surface area contributed by atoms with Gasteiger partial charge in [-0.05, 0) is 35.6 Å². The molecule has 21 heavy (non-hydrogen) atoms. The van der Waals surface area contributed by atoms with E-state index in [4.69, 9.17) is 5.73 Å². The van der Waals surface area contributed by atoms with Crippen molar-refractivity contribution in [3.8, 4) is 0 Å². The molecule has 1 fully saturated rings. The molecule has 1 heteroatoms. The summed E-state index contributed by atoms with van der Waals surface area (Å²) < 4.78 is 0. The number of hydrogen-bond donors (Lipinski definition) is 1. The fourth-order valence-electron chi connectivity index (χ4n) is 4.14. The van der Waals surface area contributed by atoms with Crippen molar-refractivity contribution in [1.82, 2.24) is 0 Å². The van der Waals surface area contributed by atoms with Crippen LogP contribution in [0.3, 0.4) is 0 Å². The van der Waals surface area contributed by atoms with Gasteiger partial charge >= 0.3 is 0 Å². The second kappa shape index (κ2) is 6.19. The maximum atomic E-state index is 6.67. The van der Waals surface area contributed by atoms with Gasteiger partial charge in [0.1, 0.15) is 0 Å². The van der Waals surface area contributed by atoms with Gasteiger partial charge in [-0.1, -0.05) is 75.1 Å². The Bertz CT molecular complexity index is 596. The molecule has 0 bridgehead atoms. The molecule has 0 saturated heterocycles. The minimum absolute atomic E-state index is 0.207. The average molecular weight is 281 g/mol. The summed E-state index contributed by atoms with van der Waals surface area (Å²) in [4.78, 5) is 0. The molecule has 2 N–H and O–H groups in total.